The van der Waals surface area contributed by atoms with E-state index in [0.717, 1.165) is 5.82 Å². The van der Waals surface area contributed by atoms with Gasteiger partial charge in [-0.15, -0.1) is 0 Å². The minimum absolute atomic E-state index is 0.202. The van der Waals surface area contributed by atoms with Gasteiger partial charge in [0.2, 0.25) is 0 Å². The summed E-state index contributed by atoms with van der Waals surface area (Å²) in [7, 11) is 2.04. The molecule has 1 fully saturated rings. The molecule has 0 bridgehead atoms. The second-order valence-corrected chi connectivity index (χ2v) is 5.15. The smallest absolute Gasteiger partial charge is 0.127 e. The van der Waals surface area contributed by atoms with Gasteiger partial charge in [0.25, 0.3) is 0 Å². The van der Waals surface area contributed by atoms with Crippen molar-refractivity contribution in [1.82, 2.24) is 15.0 Å². The van der Waals surface area contributed by atoms with Gasteiger partial charge in [-0.25, -0.2) is 10.4 Å². The van der Waals surface area contributed by atoms with Gasteiger partial charge in [0.1, 0.15) is 5.82 Å². The molecule has 0 radical (unpaired) electrons. The molecule has 1 aromatic rings. The molecule has 0 amide bonds. The number of aromatic nitrogens is 2. The minimum atomic E-state index is 0.202. The van der Waals surface area contributed by atoms with Crippen LogP contribution in [-0.4, -0.2) is 9.55 Å². The summed E-state index contributed by atoms with van der Waals surface area (Å²) in [6.07, 6.45) is 13.2. The molecular weight excluding hydrogens is 212 g/mol. The van der Waals surface area contributed by atoms with Crippen molar-refractivity contribution in [3.05, 3.63) is 18.2 Å². The van der Waals surface area contributed by atoms with E-state index in [-0.39, 0.29) is 6.04 Å². The summed E-state index contributed by atoms with van der Waals surface area (Å²) >= 11 is 0. The van der Waals surface area contributed by atoms with E-state index in [9.17, 15) is 0 Å². The standard InChI is InChI=1S/C13H24N4/c1-17-10-9-15-13(17)12(16-14)11-7-5-3-2-4-6-8-11/h9-12,16H,2-8,14H2,1H3. The summed E-state index contributed by atoms with van der Waals surface area (Å²) in [5, 5.41) is 0. The van der Waals surface area contributed by atoms with E-state index >= 15 is 0 Å². The van der Waals surface area contributed by atoms with E-state index in [2.05, 4.69) is 15.0 Å². The molecule has 1 aromatic heterocycles. The number of hydrogen-bond donors (Lipinski definition) is 2. The third kappa shape index (κ3) is 3.07. The second kappa shape index (κ2) is 6.17. The molecule has 4 nitrogen and oxygen atoms in total. The highest BCUT2D eigenvalue weighted by atomic mass is 15.3. The first-order chi connectivity index (χ1) is 8.33. The van der Waals surface area contributed by atoms with Crippen LogP contribution in [0.25, 0.3) is 0 Å². The largest absolute Gasteiger partial charge is 0.337 e. The summed E-state index contributed by atoms with van der Waals surface area (Å²) in [6, 6.07) is 0.202. The molecule has 4 heteroatoms. The number of hydrazine groups is 1. The van der Waals surface area contributed by atoms with Crippen molar-refractivity contribution in [3.63, 3.8) is 0 Å². The van der Waals surface area contributed by atoms with Crippen LogP contribution in [0.3, 0.4) is 0 Å². The first-order valence-corrected chi connectivity index (χ1v) is 6.76. The number of rotatable bonds is 3. The summed E-state index contributed by atoms with van der Waals surface area (Å²) in [4.78, 5) is 4.44. The number of nitrogens with one attached hydrogen (secondary N) is 1. The molecule has 1 aliphatic rings. The fourth-order valence-corrected chi connectivity index (χ4v) is 2.92. The van der Waals surface area contributed by atoms with Crippen molar-refractivity contribution < 1.29 is 0 Å². The van der Waals surface area contributed by atoms with Crippen LogP contribution in [0.1, 0.15) is 56.8 Å². The quantitative estimate of drug-likeness (QED) is 0.625. The maximum atomic E-state index is 5.75. The molecule has 0 aromatic carbocycles. The Labute approximate surface area is 104 Å². The van der Waals surface area contributed by atoms with Crippen LogP contribution in [0.5, 0.6) is 0 Å². The normalized spacial score (nSPS) is 20.8. The average molecular weight is 236 g/mol. The molecule has 17 heavy (non-hydrogen) atoms. The molecule has 0 spiro atoms. The lowest BCUT2D eigenvalue weighted by Gasteiger charge is -2.27. The van der Waals surface area contributed by atoms with Crippen LogP contribution in [0.2, 0.25) is 0 Å². The molecule has 1 heterocycles. The van der Waals surface area contributed by atoms with Crippen molar-refractivity contribution in [1.29, 1.82) is 0 Å². The Bertz CT molecular complexity index is 326. The number of nitrogens with zero attached hydrogens (tertiary/aromatic N) is 2. The lowest BCUT2D eigenvalue weighted by atomic mass is 9.85. The minimum Gasteiger partial charge on any atom is -0.337 e. The van der Waals surface area contributed by atoms with E-state index in [1.807, 2.05) is 19.4 Å². The van der Waals surface area contributed by atoms with Gasteiger partial charge in [0.05, 0.1) is 6.04 Å². The van der Waals surface area contributed by atoms with E-state index in [1.54, 1.807) is 0 Å². The van der Waals surface area contributed by atoms with Gasteiger partial charge in [-0.2, -0.15) is 0 Å². The fraction of sp³-hybridized carbons (Fsp3) is 0.769. The van der Waals surface area contributed by atoms with Crippen molar-refractivity contribution in [2.45, 2.75) is 51.0 Å². The Kier molecular flexibility index (Phi) is 4.57. The van der Waals surface area contributed by atoms with Crippen LogP contribution in [0.15, 0.2) is 12.4 Å². The summed E-state index contributed by atoms with van der Waals surface area (Å²) in [6.45, 7) is 0. The van der Waals surface area contributed by atoms with Crippen LogP contribution in [-0.2, 0) is 7.05 Å². The van der Waals surface area contributed by atoms with E-state index in [0.29, 0.717) is 5.92 Å². The summed E-state index contributed by atoms with van der Waals surface area (Å²) in [5.74, 6) is 7.44. The molecule has 1 unspecified atom stereocenters. The molecular formula is C13H24N4. The molecule has 2 rings (SSSR count). The van der Waals surface area contributed by atoms with Gasteiger partial charge >= 0.3 is 0 Å². The van der Waals surface area contributed by atoms with Gasteiger partial charge in [-0.05, 0) is 18.8 Å². The van der Waals surface area contributed by atoms with Crippen LogP contribution < -0.4 is 11.3 Å². The third-order valence-corrected chi connectivity index (χ3v) is 3.94. The zero-order chi connectivity index (χ0) is 12.1. The molecule has 1 saturated carbocycles. The van der Waals surface area contributed by atoms with Gasteiger partial charge in [-0.1, -0.05) is 32.1 Å². The first kappa shape index (κ1) is 12.6. The second-order valence-electron chi connectivity index (χ2n) is 5.15. The Balaban J connectivity index is 2.08. The van der Waals surface area contributed by atoms with Gasteiger partial charge in [-0.3, -0.25) is 5.84 Å². The van der Waals surface area contributed by atoms with Gasteiger partial charge in [0, 0.05) is 19.4 Å². The molecule has 1 aliphatic carbocycles. The Morgan fingerprint density at radius 2 is 1.94 bits per heavy atom. The number of aryl methyl sites for hydroxylation is 1. The van der Waals surface area contributed by atoms with Crippen LogP contribution in [0.4, 0.5) is 0 Å². The fourth-order valence-electron chi connectivity index (χ4n) is 2.92. The molecule has 3 N–H and O–H groups in total. The molecule has 0 aliphatic heterocycles. The lowest BCUT2D eigenvalue weighted by Crippen LogP contribution is -2.35. The predicted molar refractivity (Wildman–Crippen MR) is 69.1 cm³/mol. The van der Waals surface area contributed by atoms with E-state index in [4.69, 9.17) is 5.84 Å². The average Bonchev–Trinajstić information content (AvgIpc) is 2.69. The van der Waals surface area contributed by atoms with Gasteiger partial charge < -0.3 is 4.57 Å². The highest BCUT2D eigenvalue weighted by molar-refractivity contribution is 5.00. The predicted octanol–water partition coefficient (Wildman–Crippen LogP) is 2.28. The molecule has 96 valence electrons. The SMILES string of the molecule is Cn1ccnc1C(NN)C1CCCCCCC1. The Hall–Kier alpha value is -0.870. The summed E-state index contributed by atoms with van der Waals surface area (Å²) < 4.78 is 2.07. The van der Waals surface area contributed by atoms with Gasteiger partial charge in [0.15, 0.2) is 0 Å². The zero-order valence-corrected chi connectivity index (χ0v) is 10.7. The monoisotopic (exact) mass is 236 g/mol. The van der Waals surface area contributed by atoms with E-state index < -0.39 is 0 Å². The van der Waals surface area contributed by atoms with Crippen LogP contribution in [0, 0.1) is 5.92 Å². The lowest BCUT2D eigenvalue weighted by molar-refractivity contribution is 0.278. The number of hydrogen-bond acceptors (Lipinski definition) is 3. The Morgan fingerprint density at radius 1 is 1.29 bits per heavy atom. The maximum Gasteiger partial charge on any atom is 0.127 e. The zero-order valence-electron chi connectivity index (χ0n) is 10.7. The highest BCUT2D eigenvalue weighted by Crippen LogP contribution is 2.31. The first-order valence-electron chi connectivity index (χ1n) is 6.76. The van der Waals surface area contributed by atoms with Crippen LogP contribution >= 0.6 is 0 Å². The third-order valence-electron chi connectivity index (χ3n) is 3.94. The summed E-state index contributed by atoms with van der Waals surface area (Å²) in [5.41, 5.74) is 2.98. The van der Waals surface area contributed by atoms with E-state index in [1.165, 1.54) is 44.9 Å². The topological polar surface area (TPSA) is 55.9 Å². The van der Waals surface area contributed by atoms with Crippen molar-refractivity contribution in [3.8, 4) is 0 Å². The highest BCUT2D eigenvalue weighted by Gasteiger charge is 2.25. The van der Waals surface area contributed by atoms with Crippen molar-refractivity contribution in [2.75, 3.05) is 0 Å². The molecule has 1 atom stereocenters. The van der Waals surface area contributed by atoms with Crippen molar-refractivity contribution in [2.24, 2.45) is 18.8 Å². The Morgan fingerprint density at radius 3 is 2.47 bits per heavy atom. The number of nitrogens with two attached hydrogens (primary N) is 1. The number of imidazole rings is 1. The maximum absolute atomic E-state index is 5.75. The van der Waals surface area contributed by atoms with Crippen molar-refractivity contribution >= 4 is 0 Å². The molecule has 0 saturated heterocycles.